The summed E-state index contributed by atoms with van der Waals surface area (Å²) in [5, 5.41) is 3.63. The summed E-state index contributed by atoms with van der Waals surface area (Å²) in [7, 11) is -0.883. The van der Waals surface area contributed by atoms with E-state index >= 15 is 0 Å². The van der Waals surface area contributed by atoms with Gasteiger partial charge in [-0.1, -0.05) is 19.6 Å². The van der Waals surface area contributed by atoms with Gasteiger partial charge < -0.3 is 10.2 Å². The van der Waals surface area contributed by atoms with E-state index in [1.165, 1.54) is 38.6 Å². The van der Waals surface area contributed by atoms with Crippen LogP contribution in [0.4, 0.5) is 0 Å². The maximum Gasteiger partial charge on any atom is 0.0599 e. The number of rotatable bonds is 2. The number of hydrogen-bond acceptors (Lipinski definition) is 2. The maximum absolute atomic E-state index is 3.63. The third-order valence-electron chi connectivity index (χ3n) is 3.44. The van der Waals surface area contributed by atoms with E-state index in [-0.39, 0.29) is 0 Å². The van der Waals surface area contributed by atoms with Crippen molar-refractivity contribution in [3.63, 3.8) is 0 Å². The number of fused-ring (bicyclic) bond motifs is 1. The molecule has 0 aromatic rings. The fourth-order valence-electron chi connectivity index (χ4n) is 2.94. The largest absolute Gasteiger partial charge is 0.314 e. The molecule has 82 valence electrons. The normalized spacial score (nSPS) is 34.5. The highest BCUT2D eigenvalue weighted by molar-refractivity contribution is 6.76. The van der Waals surface area contributed by atoms with Crippen molar-refractivity contribution < 1.29 is 0 Å². The van der Waals surface area contributed by atoms with E-state index in [1.807, 2.05) is 0 Å². The Morgan fingerprint density at radius 2 is 2.07 bits per heavy atom. The first-order chi connectivity index (χ1) is 6.54. The topological polar surface area (TPSA) is 15.3 Å². The van der Waals surface area contributed by atoms with Gasteiger partial charge in [0.05, 0.1) is 8.07 Å². The first kappa shape index (κ1) is 10.6. The Morgan fingerprint density at radius 1 is 1.29 bits per heavy atom. The smallest absolute Gasteiger partial charge is 0.0599 e. The minimum atomic E-state index is -0.883. The minimum Gasteiger partial charge on any atom is -0.314 e. The molecule has 0 saturated carbocycles. The molecule has 2 fully saturated rings. The lowest BCUT2D eigenvalue weighted by Gasteiger charge is -2.37. The Kier molecular flexibility index (Phi) is 3.00. The van der Waals surface area contributed by atoms with Crippen molar-refractivity contribution in [3.05, 3.63) is 0 Å². The van der Waals surface area contributed by atoms with Crippen LogP contribution in [0, 0.1) is 5.92 Å². The van der Waals surface area contributed by atoms with Crippen molar-refractivity contribution in [1.82, 2.24) is 10.2 Å². The molecule has 0 radical (unpaired) electrons. The summed E-state index contributed by atoms with van der Waals surface area (Å²) in [6.45, 7) is 11.4. The first-order valence-corrected chi connectivity index (χ1v) is 9.71. The molecule has 0 spiro atoms. The summed E-state index contributed by atoms with van der Waals surface area (Å²) in [6.07, 6.45) is 4.19. The van der Waals surface area contributed by atoms with E-state index < -0.39 is 8.07 Å². The van der Waals surface area contributed by atoms with Gasteiger partial charge in [-0.3, -0.25) is 0 Å². The zero-order chi connectivity index (χ0) is 10.2. The average Bonchev–Trinajstić information content (AvgIpc) is 2.47. The van der Waals surface area contributed by atoms with Crippen molar-refractivity contribution >= 4 is 8.07 Å². The highest BCUT2D eigenvalue weighted by atomic mass is 28.3. The lowest BCUT2D eigenvalue weighted by molar-refractivity contribution is 0.183. The van der Waals surface area contributed by atoms with Gasteiger partial charge >= 0.3 is 0 Å². The molecule has 0 aliphatic carbocycles. The molecule has 0 amide bonds. The lowest BCUT2D eigenvalue weighted by Crippen LogP contribution is -2.49. The summed E-state index contributed by atoms with van der Waals surface area (Å²) in [4.78, 5) is 2.72. The van der Waals surface area contributed by atoms with Gasteiger partial charge in [-0.05, 0) is 38.0 Å². The standard InChI is InChI=1S/C11H24N2Si/c1-14(2,3)9-13-7-5-11-10(8-13)4-6-12-11/h10-12H,4-9H2,1-3H3. The number of nitrogens with one attached hydrogen (secondary N) is 1. The monoisotopic (exact) mass is 212 g/mol. The molecule has 2 saturated heterocycles. The Labute approximate surface area is 89.1 Å². The maximum atomic E-state index is 3.63. The highest BCUT2D eigenvalue weighted by Crippen LogP contribution is 2.25. The second-order valence-electron chi connectivity index (χ2n) is 6.19. The van der Waals surface area contributed by atoms with Crippen LogP contribution in [0.2, 0.25) is 19.6 Å². The van der Waals surface area contributed by atoms with E-state index in [9.17, 15) is 0 Å². The molecule has 2 unspecified atom stereocenters. The van der Waals surface area contributed by atoms with E-state index in [1.54, 1.807) is 0 Å². The van der Waals surface area contributed by atoms with Crippen LogP contribution >= 0.6 is 0 Å². The Bertz CT molecular complexity index is 200. The van der Waals surface area contributed by atoms with Crippen LogP contribution in [-0.4, -0.2) is 44.8 Å². The summed E-state index contributed by atoms with van der Waals surface area (Å²) < 4.78 is 0. The van der Waals surface area contributed by atoms with E-state index in [0.717, 1.165) is 12.0 Å². The molecule has 0 aromatic carbocycles. The Hall–Kier alpha value is 0.137. The van der Waals surface area contributed by atoms with Gasteiger partial charge in [0, 0.05) is 12.6 Å². The van der Waals surface area contributed by atoms with Gasteiger partial charge in [-0.2, -0.15) is 0 Å². The third kappa shape index (κ3) is 2.58. The lowest BCUT2D eigenvalue weighted by atomic mass is 9.94. The van der Waals surface area contributed by atoms with Gasteiger partial charge in [-0.15, -0.1) is 0 Å². The molecule has 0 aromatic heterocycles. The third-order valence-corrected chi connectivity index (χ3v) is 4.83. The van der Waals surface area contributed by atoms with Crippen molar-refractivity contribution in [2.75, 3.05) is 25.8 Å². The van der Waals surface area contributed by atoms with Crippen LogP contribution in [-0.2, 0) is 0 Å². The van der Waals surface area contributed by atoms with Crippen LogP contribution in [0.5, 0.6) is 0 Å². The Balaban J connectivity index is 1.85. The SMILES string of the molecule is C[Si](C)(C)CN1CCC2NCCC2C1. The predicted molar refractivity (Wildman–Crippen MR) is 64.3 cm³/mol. The number of likely N-dealkylation sites (tertiary alicyclic amines) is 1. The molecule has 0 bridgehead atoms. The second-order valence-corrected chi connectivity index (χ2v) is 11.6. The molecule has 2 nitrogen and oxygen atoms in total. The van der Waals surface area contributed by atoms with E-state index in [0.29, 0.717) is 0 Å². The predicted octanol–water partition coefficient (Wildman–Crippen LogP) is 1.55. The second kappa shape index (κ2) is 3.95. The summed E-state index contributed by atoms with van der Waals surface area (Å²) >= 11 is 0. The quantitative estimate of drug-likeness (QED) is 0.699. The minimum absolute atomic E-state index is 0.855. The van der Waals surface area contributed by atoms with Gasteiger partial charge in [0.15, 0.2) is 0 Å². The average molecular weight is 212 g/mol. The van der Waals surface area contributed by atoms with E-state index in [4.69, 9.17) is 0 Å². The zero-order valence-corrected chi connectivity index (χ0v) is 10.8. The highest BCUT2D eigenvalue weighted by Gasteiger charge is 2.33. The number of nitrogens with zero attached hydrogens (tertiary/aromatic N) is 1. The molecule has 2 heterocycles. The molecule has 2 atom stereocenters. The molecular weight excluding hydrogens is 188 g/mol. The number of hydrogen-bond donors (Lipinski definition) is 1. The van der Waals surface area contributed by atoms with Gasteiger partial charge in [0.25, 0.3) is 0 Å². The van der Waals surface area contributed by atoms with Crippen molar-refractivity contribution in [3.8, 4) is 0 Å². The van der Waals surface area contributed by atoms with Crippen molar-refractivity contribution in [2.45, 2.75) is 38.5 Å². The fraction of sp³-hybridized carbons (Fsp3) is 1.00. The van der Waals surface area contributed by atoms with Crippen LogP contribution in [0.25, 0.3) is 0 Å². The zero-order valence-electron chi connectivity index (χ0n) is 9.84. The fourth-order valence-corrected chi connectivity index (χ4v) is 4.57. The molecule has 1 N–H and O–H groups in total. The van der Waals surface area contributed by atoms with Gasteiger partial charge in [0.2, 0.25) is 0 Å². The van der Waals surface area contributed by atoms with Crippen LogP contribution in [0.1, 0.15) is 12.8 Å². The molecular formula is C11H24N2Si. The van der Waals surface area contributed by atoms with Crippen molar-refractivity contribution in [1.29, 1.82) is 0 Å². The number of piperidine rings is 1. The van der Waals surface area contributed by atoms with Crippen molar-refractivity contribution in [2.24, 2.45) is 5.92 Å². The Morgan fingerprint density at radius 3 is 2.79 bits per heavy atom. The van der Waals surface area contributed by atoms with Gasteiger partial charge in [0.1, 0.15) is 0 Å². The molecule has 14 heavy (non-hydrogen) atoms. The summed E-state index contributed by atoms with van der Waals surface area (Å²) in [6, 6.07) is 0.855. The molecule has 3 heteroatoms. The molecule has 2 aliphatic heterocycles. The summed E-state index contributed by atoms with van der Waals surface area (Å²) in [5.41, 5.74) is 0. The van der Waals surface area contributed by atoms with Crippen LogP contribution in [0.3, 0.4) is 0 Å². The van der Waals surface area contributed by atoms with Crippen LogP contribution in [0.15, 0.2) is 0 Å². The molecule has 2 rings (SSSR count). The summed E-state index contributed by atoms with van der Waals surface area (Å²) in [5.74, 6) is 0.958. The first-order valence-electron chi connectivity index (χ1n) is 6.00. The molecule has 2 aliphatic rings. The van der Waals surface area contributed by atoms with Gasteiger partial charge in [-0.25, -0.2) is 0 Å². The van der Waals surface area contributed by atoms with E-state index in [2.05, 4.69) is 29.9 Å². The van der Waals surface area contributed by atoms with Crippen LogP contribution < -0.4 is 5.32 Å².